The van der Waals surface area contributed by atoms with Crippen LogP contribution in [-0.2, 0) is 0 Å². The molecular formula is C13H18N2O3. The standard InChI is InChI=1S/C13H18N2O3/c1-8-7-9(2)14-12(17)11(8)13(18)15-5-3-10(16)4-6-15/h7,10,16H,3-6H2,1-2H3,(H,14,17). The molecule has 0 radical (unpaired) electrons. The van der Waals surface area contributed by atoms with Crippen molar-refractivity contribution in [3.05, 3.63) is 33.2 Å². The van der Waals surface area contributed by atoms with Crippen molar-refractivity contribution in [3.63, 3.8) is 0 Å². The molecule has 1 aromatic heterocycles. The molecule has 2 N–H and O–H groups in total. The maximum absolute atomic E-state index is 12.3. The van der Waals surface area contributed by atoms with E-state index >= 15 is 0 Å². The quantitative estimate of drug-likeness (QED) is 0.766. The van der Waals surface area contributed by atoms with Crippen LogP contribution in [0.25, 0.3) is 0 Å². The molecule has 5 heteroatoms. The third kappa shape index (κ3) is 2.46. The smallest absolute Gasteiger partial charge is 0.261 e. The summed E-state index contributed by atoms with van der Waals surface area (Å²) in [5.74, 6) is -0.236. The first kappa shape index (κ1) is 12.8. The highest BCUT2D eigenvalue weighted by Crippen LogP contribution is 2.14. The first-order valence-corrected chi connectivity index (χ1v) is 6.17. The van der Waals surface area contributed by atoms with E-state index < -0.39 is 0 Å². The lowest BCUT2D eigenvalue weighted by atomic mass is 10.0. The van der Waals surface area contributed by atoms with Gasteiger partial charge in [0, 0.05) is 18.8 Å². The Morgan fingerprint density at radius 2 is 2.00 bits per heavy atom. The number of carbonyl (C=O) groups is 1. The van der Waals surface area contributed by atoms with Gasteiger partial charge in [0.2, 0.25) is 0 Å². The largest absolute Gasteiger partial charge is 0.393 e. The number of aliphatic hydroxyl groups excluding tert-OH is 1. The van der Waals surface area contributed by atoms with Gasteiger partial charge in [-0.25, -0.2) is 0 Å². The van der Waals surface area contributed by atoms with Crippen LogP contribution < -0.4 is 5.56 Å². The molecular weight excluding hydrogens is 232 g/mol. The molecule has 0 bridgehead atoms. The average Bonchev–Trinajstić information content (AvgIpc) is 2.28. The molecule has 0 aromatic carbocycles. The Morgan fingerprint density at radius 3 is 2.56 bits per heavy atom. The van der Waals surface area contributed by atoms with E-state index in [1.54, 1.807) is 24.8 Å². The van der Waals surface area contributed by atoms with E-state index in [1.807, 2.05) is 0 Å². The van der Waals surface area contributed by atoms with Gasteiger partial charge in [0.25, 0.3) is 11.5 Å². The third-order valence-electron chi connectivity index (χ3n) is 3.33. The molecule has 5 nitrogen and oxygen atoms in total. The fraction of sp³-hybridized carbons (Fsp3) is 0.538. The van der Waals surface area contributed by atoms with Crippen LogP contribution in [0.5, 0.6) is 0 Å². The molecule has 1 aromatic rings. The van der Waals surface area contributed by atoms with Crippen LogP contribution in [0.15, 0.2) is 10.9 Å². The van der Waals surface area contributed by atoms with Crippen LogP contribution >= 0.6 is 0 Å². The van der Waals surface area contributed by atoms with Crippen molar-refractivity contribution in [2.45, 2.75) is 32.8 Å². The molecule has 1 amide bonds. The lowest BCUT2D eigenvalue weighted by Gasteiger charge is -2.29. The molecule has 1 fully saturated rings. The molecule has 1 aliphatic rings. The number of aromatic nitrogens is 1. The highest BCUT2D eigenvalue weighted by Gasteiger charge is 2.25. The number of piperidine rings is 1. The predicted molar refractivity (Wildman–Crippen MR) is 67.7 cm³/mol. The summed E-state index contributed by atoms with van der Waals surface area (Å²) in [5.41, 5.74) is 1.34. The maximum atomic E-state index is 12.3. The number of aliphatic hydroxyl groups is 1. The third-order valence-corrected chi connectivity index (χ3v) is 3.33. The molecule has 2 rings (SSSR count). The number of rotatable bonds is 1. The summed E-state index contributed by atoms with van der Waals surface area (Å²) >= 11 is 0. The first-order valence-electron chi connectivity index (χ1n) is 6.17. The molecule has 98 valence electrons. The Labute approximate surface area is 105 Å². The van der Waals surface area contributed by atoms with Crippen LogP contribution in [0.2, 0.25) is 0 Å². The Balaban J connectivity index is 2.27. The maximum Gasteiger partial charge on any atom is 0.261 e. The molecule has 0 atom stereocenters. The lowest BCUT2D eigenvalue weighted by Crippen LogP contribution is -2.42. The Bertz CT molecular complexity index is 513. The van der Waals surface area contributed by atoms with Crippen molar-refractivity contribution >= 4 is 5.91 Å². The number of amides is 1. The minimum absolute atomic E-state index is 0.219. The molecule has 0 spiro atoms. The molecule has 1 aliphatic heterocycles. The normalized spacial score (nSPS) is 16.9. The van der Waals surface area contributed by atoms with Gasteiger partial charge in [-0.05, 0) is 38.3 Å². The van der Waals surface area contributed by atoms with Gasteiger partial charge >= 0.3 is 0 Å². The molecule has 0 aliphatic carbocycles. The van der Waals surface area contributed by atoms with Crippen molar-refractivity contribution in [3.8, 4) is 0 Å². The fourth-order valence-electron chi connectivity index (χ4n) is 2.35. The van der Waals surface area contributed by atoms with E-state index in [4.69, 9.17) is 0 Å². The van der Waals surface area contributed by atoms with Crippen LogP contribution in [0, 0.1) is 13.8 Å². The highest BCUT2D eigenvalue weighted by molar-refractivity contribution is 5.95. The number of aromatic amines is 1. The molecule has 18 heavy (non-hydrogen) atoms. The summed E-state index contributed by atoms with van der Waals surface area (Å²) in [7, 11) is 0. The van der Waals surface area contributed by atoms with E-state index in [0.717, 1.165) is 5.69 Å². The number of hydrogen-bond donors (Lipinski definition) is 2. The number of carbonyl (C=O) groups excluding carboxylic acids is 1. The summed E-state index contributed by atoms with van der Waals surface area (Å²) in [6.07, 6.45) is 0.828. The van der Waals surface area contributed by atoms with Gasteiger partial charge in [-0.1, -0.05) is 0 Å². The number of aryl methyl sites for hydroxylation is 2. The lowest BCUT2D eigenvalue weighted by molar-refractivity contribution is 0.0544. The van der Waals surface area contributed by atoms with Gasteiger partial charge in [0.1, 0.15) is 5.56 Å². The van der Waals surface area contributed by atoms with E-state index in [9.17, 15) is 14.7 Å². The molecule has 0 saturated carbocycles. The average molecular weight is 250 g/mol. The van der Waals surface area contributed by atoms with Crippen molar-refractivity contribution in [2.24, 2.45) is 0 Å². The topological polar surface area (TPSA) is 73.4 Å². The van der Waals surface area contributed by atoms with Crippen LogP contribution in [0.3, 0.4) is 0 Å². The van der Waals surface area contributed by atoms with Crippen molar-refractivity contribution in [2.75, 3.05) is 13.1 Å². The highest BCUT2D eigenvalue weighted by atomic mass is 16.3. The van der Waals surface area contributed by atoms with Crippen LogP contribution in [0.1, 0.15) is 34.5 Å². The monoisotopic (exact) mass is 250 g/mol. The Hall–Kier alpha value is -1.62. The fourth-order valence-corrected chi connectivity index (χ4v) is 2.35. The zero-order valence-corrected chi connectivity index (χ0v) is 10.7. The van der Waals surface area contributed by atoms with Crippen molar-refractivity contribution < 1.29 is 9.90 Å². The Morgan fingerprint density at radius 1 is 1.39 bits per heavy atom. The number of nitrogens with zero attached hydrogens (tertiary/aromatic N) is 1. The van der Waals surface area contributed by atoms with Gasteiger partial charge in [-0.3, -0.25) is 9.59 Å². The van der Waals surface area contributed by atoms with Crippen LogP contribution in [-0.4, -0.2) is 40.1 Å². The Kier molecular flexibility index (Phi) is 3.52. The first-order chi connectivity index (χ1) is 8.49. The molecule has 1 saturated heterocycles. The second kappa shape index (κ2) is 4.94. The zero-order chi connectivity index (χ0) is 13.3. The summed E-state index contributed by atoms with van der Waals surface area (Å²) in [5, 5.41) is 9.42. The van der Waals surface area contributed by atoms with Crippen molar-refractivity contribution in [1.29, 1.82) is 0 Å². The number of H-pyrrole nitrogens is 1. The van der Waals surface area contributed by atoms with Gasteiger partial charge in [-0.2, -0.15) is 0 Å². The summed E-state index contributed by atoms with van der Waals surface area (Å²) in [6, 6.07) is 1.80. The molecule has 0 unspecified atom stereocenters. The predicted octanol–water partition coefficient (Wildman–Crippen LogP) is 0.589. The molecule has 2 heterocycles. The van der Waals surface area contributed by atoms with E-state index in [2.05, 4.69) is 4.98 Å². The second-order valence-corrected chi connectivity index (χ2v) is 4.86. The van der Waals surface area contributed by atoms with Gasteiger partial charge in [0.15, 0.2) is 0 Å². The van der Waals surface area contributed by atoms with Crippen LogP contribution in [0.4, 0.5) is 0 Å². The van der Waals surface area contributed by atoms with E-state index in [1.165, 1.54) is 0 Å². The number of hydrogen-bond acceptors (Lipinski definition) is 3. The minimum Gasteiger partial charge on any atom is -0.393 e. The van der Waals surface area contributed by atoms with Gasteiger partial charge in [-0.15, -0.1) is 0 Å². The van der Waals surface area contributed by atoms with E-state index in [-0.39, 0.29) is 23.1 Å². The minimum atomic E-state index is -0.330. The summed E-state index contributed by atoms with van der Waals surface area (Å²) in [6.45, 7) is 4.58. The number of nitrogens with one attached hydrogen (secondary N) is 1. The zero-order valence-electron chi connectivity index (χ0n) is 10.7. The van der Waals surface area contributed by atoms with Gasteiger partial charge in [0.05, 0.1) is 6.10 Å². The SMILES string of the molecule is Cc1cc(C)c(C(=O)N2CCC(O)CC2)c(=O)[nH]1. The second-order valence-electron chi connectivity index (χ2n) is 4.86. The number of pyridine rings is 1. The van der Waals surface area contributed by atoms with E-state index in [0.29, 0.717) is 31.5 Å². The summed E-state index contributed by atoms with van der Waals surface area (Å²) < 4.78 is 0. The van der Waals surface area contributed by atoms with Crippen molar-refractivity contribution in [1.82, 2.24) is 9.88 Å². The van der Waals surface area contributed by atoms with Gasteiger partial charge < -0.3 is 15.0 Å². The number of likely N-dealkylation sites (tertiary alicyclic amines) is 1. The summed E-state index contributed by atoms with van der Waals surface area (Å²) in [4.78, 5) is 28.4.